The Morgan fingerprint density at radius 3 is 2.71 bits per heavy atom. The van der Waals surface area contributed by atoms with E-state index < -0.39 is 10.8 Å². The largest absolute Gasteiger partial charge is 0.335 e. The predicted molar refractivity (Wildman–Crippen MR) is 62.0 cm³/mol. The Kier molecular flexibility index (Phi) is 2.99. The lowest BCUT2D eigenvalue weighted by molar-refractivity contribution is -0.385. The van der Waals surface area contributed by atoms with Crippen LogP contribution in [0.25, 0.3) is 0 Å². The zero-order valence-corrected chi connectivity index (χ0v) is 9.55. The van der Waals surface area contributed by atoms with Crippen molar-refractivity contribution in [2.45, 2.75) is 6.04 Å². The van der Waals surface area contributed by atoms with Gasteiger partial charge in [0.1, 0.15) is 5.56 Å². The summed E-state index contributed by atoms with van der Waals surface area (Å²) in [7, 11) is 0. The van der Waals surface area contributed by atoms with E-state index in [4.69, 9.17) is 17.3 Å². The van der Waals surface area contributed by atoms with Gasteiger partial charge in [-0.15, -0.1) is 0 Å². The van der Waals surface area contributed by atoms with Gasteiger partial charge in [0.15, 0.2) is 0 Å². The summed E-state index contributed by atoms with van der Waals surface area (Å²) in [5.41, 5.74) is 5.33. The Morgan fingerprint density at radius 1 is 1.53 bits per heavy atom. The molecular formula is C10H10ClN3O3. The quantitative estimate of drug-likeness (QED) is 0.631. The third-order valence-corrected chi connectivity index (χ3v) is 2.82. The lowest BCUT2D eigenvalue weighted by Crippen LogP contribution is -2.57. The van der Waals surface area contributed by atoms with Crippen molar-refractivity contribution in [2.75, 3.05) is 13.1 Å². The number of halogens is 1. The van der Waals surface area contributed by atoms with Crippen LogP contribution >= 0.6 is 11.6 Å². The first-order valence-corrected chi connectivity index (χ1v) is 5.35. The van der Waals surface area contributed by atoms with E-state index in [1.807, 2.05) is 0 Å². The number of carbonyl (C=O) groups excluding carboxylic acids is 1. The number of nitrogens with two attached hydrogens (primary N) is 1. The van der Waals surface area contributed by atoms with E-state index in [-0.39, 0.29) is 17.3 Å². The van der Waals surface area contributed by atoms with Crippen molar-refractivity contribution in [1.29, 1.82) is 0 Å². The number of amides is 1. The molecule has 17 heavy (non-hydrogen) atoms. The number of nitro groups is 1. The van der Waals surface area contributed by atoms with Crippen molar-refractivity contribution in [1.82, 2.24) is 4.90 Å². The minimum absolute atomic E-state index is 0.00870. The molecule has 1 aromatic rings. The van der Waals surface area contributed by atoms with Gasteiger partial charge in [-0.05, 0) is 12.1 Å². The fraction of sp³-hybridized carbons (Fsp3) is 0.300. The molecule has 7 heteroatoms. The lowest BCUT2D eigenvalue weighted by Gasteiger charge is -2.36. The van der Waals surface area contributed by atoms with Crippen molar-refractivity contribution in [2.24, 2.45) is 5.73 Å². The van der Waals surface area contributed by atoms with Gasteiger partial charge in [-0.2, -0.15) is 0 Å². The first-order chi connectivity index (χ1) is 7.99. The molecule has 1 heterocycles. The zero-order chi connectivity index (χ0) is 12.6. The number of benzene rings is 1. The van der Waals surface area contributed by atoms with E-state index in [2.05, 4.69) is 0 Å². The molecule has 1 aliphatic rings. The second-order valence-corrected chi connectivity index (χ2v) is 4.33. The first kappa shape index (κ1) is 11.8. The van der Waals surface area contributed by atoms with Crippen LogP contribution in [-0.2, 0) is 0 Å². The fourth-order valence-electron chi connectivity index (χ4n) is 1.69. The summed E-state index contributed by atoms with van der Waals surface area (Å²) >= 11 is 5.74. The number of nitro benzene ring substituents is 1. The SMILES string of the molecule is NC1CN(C(=O)c2cc(Cl)ccc2[N+](=O)[O-])C1. The Hall–Kier alpha value is -1.66. The summed E-state index contributed by atoms with van der Waals surface area (Å²) in [5.74, 6) is -0.402. The number of rotatable bonds is 2. The highest BCUT2D eigenvalue weighted by atomic mass is 35.5. The fourth-order valence-corrected chi connectivity index (χ4v) is 1.86. The van der Waals surface area contributed by atoms with Gasteiger partial charge in [-0.25, -0.2) is 0 Å². The van der Waals surface area contributed by atoms with Gasteiger partial charge in [0, 0.05) is 30.2 Å². The molecule has 90 valence electrons. The minimum Gasteiger partial charge on any atom is -0.335 e. The molecule has 0 aromatic heterocycles. The van der Waals surface area contributed by atoms with Gasteiger partial charge in [0.05, 0.1) is 4.92 Å². The van der Waals surface area contributed by atoms with Crippen LogP contribution in [0.1, 0.15) is 10.4 Å². The summed E-state index contributed by atoms with van der Waals surface area (Å²) in [6, 6.07) is 3.89. The van der Waals surface area contributed by atoms with Crippen molar-refractivity contribution < 1.29 is 9.72 Å². The lowest BCUT2D eigenvalue weighted by atomic mass is 10.1. The van der Waals surface area contributed by atoms with Crippen LogP contribution in [0.15, 0.2) is 18.2 Å². The number of hydrogen-bond donors (Lipinski definition) is 1. The Balaban J connectivity index is 2.33. The average Bonchev–Trinajstić information content (AvgIpc) is 2.23. The third kappa shape index (κ3) is 2.22. The van der Waals surface area contributed by atoms with E-state index in [1.54, 1.807) is 0 Å². The molecule has 0 bridgehead atoms. The number of carbonyl (C=O) groups is 1. The summed E-state index contributed by atoms with van der Waals surface area (Å²) in [6.45, 7) is 0.838. The molecule has 0 unspecified atom stereocenters. The number of likely N-dealkylation sites (tertiary alicyclic amines) is 1. The van der Waals surface area contributed by atoms with Crippen molar-refractivity contribution in [3.63, 3.8) is 0 Å². The molecule has 1 aliphatic heterocycles. The van der Waals surface area contributed by atoms with E-state index in [0.29, 0.717) is 18.1 Å². The van der Waals surface area contributed by atoms with Crippen LogP contribution < -0.4 is 5.73 Å². The molecule has 0 spiro atoms. The summed E-state index contributed by atoms with van der Waals surface area (Å²) in [5, 5.41) is 11.1. The summed E-state index contributed by atoms with van der Waals surface area (Å²) in [4.78, 5) is 23.6. The summed E-state index contributed by atoms with van der Waals surface area (Å²) in [6.07, 6.45) is 0. The minimum atomic E-state index is -0.594. The highest BCUT2D eigenvalue weighted by Crippen LogP contribution is 2.25. The van der Waals surface area contributed by atoms with Crippen LogP contribution in [0.3, 0.4) is 0 Å². The Labute approximate surface area is 102 Å². The molecule has 1 saturated heterocycles. The van der Waals surface area contributed by atoms with Gasteiger partial charge < -0.3 is 10.6 Å². The van der Waals surface area contributed by atoms with E-state index in [0.717, 1.165) is 0 Å². The average molecular weight is 256 g/mol. The van der Waals surface area contributed by atoms with Crippen LogP contribution in [0.2, 0.25) is 5.02 Å². The smallest absolute Gasteiger partial charge is 0.282 e. The van der Waals surface area contributed by atoms with Gasteiger partial charge in [-0.3, -0.25) is 14.9 Å². The summed E-state index contributed by atoms with van der Waals surface area (Å²) < 4.78 is 0. The Bertz CT molecular complexity index is 486. The van der Waals surface area contributed by atoms with Crippen LogP contribution in [0, 0.1) is 10.1 Å². The molecule has 0 aliphatic carbocycles. The number of hydrogen-bond acceptors (Lipinski definition) is 4. The van der Waals surface area contributed by atoms with Crippen LogP contribution in [0.5, 0.6) is 0 Å². The molecule has 0 saturated carbocycles. The van der Waals surface area contributed by atoms with Gasteiger partial charge in [0.2, 0.25) is 0 Å². The second kappa shape index (κ2) is 4.31. The maximum absolute atomic E-state index is 12.0. The van der Waals surface area contributed by atoms with Crippen molar-refractivity contribution in [3.8, 4) is 0 Å². The molecule has 2 rings (SSSR count). The van der Waals surface area contributed by atoms with Crippen LogP contribution in [-0.4, -0.2) is 34.9 Å². The molecule has 0 radical (unpaired) electrons. The maximum Gasteiger partial charge on any atom is 0.282 e. The van der Waals surface area contributed by atoms with E-state index in [9.17, 15) is 14.9 Å². The van der Waals surface area contributed by atoms with Crippen molar-refractivity contribution >= 4 is 23.2 Å². The molecular weight excluding hydrogens is 246 g/mol. The second-order valence-electron chi connectivity index (χ2n) is 3.89. The monoisotopic (exact) mass is 255 g/mol. The van der Waals surface area contributed by atoms with Gasteiger partial charge >= 0.3 is 0 Å². The van der Waals surface area contributed by atoms with Crippen LogP contribution in [0.4, 0.5) is 5.69 Å². The molecule has 6 nitrogen and oxygen atoms in total. The molecule has 1 amide bonds. The Morgan fingerprint density at radius 2 is 2.18 bits per heavy atom. The topological polar surface area (TPSA) is 89.5 Å². The van der Waals surface area contributed by atoms with E-state index in [1.165, 1.54) is 23.1 Å². The zero-order valence-electron chi connectivity index (χ0n) is 8.80. The van der Waals surface area contributed by atoms with Gasteiger partial charge in [-0.1, -0.05) is 11.6 Å². The predicted octanol–water partition coefficient (Wildman–Crippen LogP) is 1.03. The first-order valence-electron chi connectivity index (χ1n) is 4.98. The highest BCUT2D eigenvalue weighted by Gasteiger charge is 2.32. The van der Waals surface area contributed by atoms with Gasteiger partial charge in [0.25, 0.3) is 11.6 Å². The number of nitrogens with zero attached hydrogens (tertiary/aromatic N) is 2. The molecule has 1 fully saturated rings. The third-order valence-electron chi connectivity index (χ3n) is 2.58. The van der Waals surface area contributed by atoms with E-state index >= 15 is 0 Å². The molecule has 0 atom stereocenters. The van der Waals surface area contributed by atoms with Crippen molar-refractivity contribution in [3.05, 3.63) is 38.9 Å². The standard InChI is InChI=1S/C10H10ClN3O3/c11-6-1-2-9(14(16)17)8(3-6)10(15)13-4-7(12)5-13/h1-3,7H,4-5,12H2. The maximum atomic E-state index is 12.0. The highest BCUT2D eigenvalue weighted by molar-refractivity contribution is 6.31. The molecule has 1 aromatic carbocycles. The molecule has 2 N–H and O–H groups in total. The normalized spacial score (nSPS) is 15.5.